The van der Waals surface area contributed by atoms with Crippen LogP contribution in [0.25, 0.3) is 22.4 Å². The van der Waals surface area contributed by atoms with Crippen LogP contribution in [0.4, 0.5) is 0 Å². The van der Waals surface area contributed by atoms with Crippen molar-refractivity contribution in [2.45, 2.75) is 12.8 Å². The van der Waals surface area contributed by atoms with E-state index in [1.165, 1.54) is 12.2 Å². The quantitative estimate of drug-likeness (QED) is 0.315. The fourth-order valence-corrected chi connectivity index (χ4v) is 2.88. The Labute approximate surface area is 175 Å². The average molecular weight is 407 g/mol. The summed E-state index contributed by atoms with van der Waals surface area (Å²) in [5.74, 6) is 3.75. The molecule has 0 saturated heterocycles. The number of amides is 1. The third-order valence-electron chi connectivity index (χ3n) is 4.55. The summed E-state index contributed by atoms with van der Waals surface area (Å²) in [7, 11) is 3.02. The lowest BCUT2D eigenvalue weighted by atomic mass is 10.2. The van der Waals surface area contributed by atoms with Gasteiger partial charge in [0.2, 0.25) is 0 Å². The van der Waals surface area contributed by atoms with E-state index in [0.29, 0.717) is 25.4 Å². The maximum absolute atomic E-state index is 12.2. The smallest absolute Gasteiger partial charge is 0.277 e. The zero-order chi connectivity index (χ0) is 21.3. The van der Waals surface area contributed by atoms with Gasteiger partial charge in [-0.2, -0.15) is 0 Å². The van der Waals surface area contributed by atoms with Crippen molar-refractivity contribution in [1.29, 1.82) is 0 Å². The molecule has 0 spiro atoms. The monoisotopic (exact) mass is 407 g/mol. The second kappa shape index (κ2) is 10.4. The number of benzene rings is 2. The predicted molar refractivity (Wildman–Crippen MR) is 115 cm³/mol. The molecule has 0 aliphatic carbocycles. The third kappa shape index (κ3) is 5.38. The molecule has 0 unspecified atom stereocenters. The van der Waals surface area contributed by atoms with E-state index in [2.05, 4.69) is 15.9 Å². The van der Waals surface area contributed by atoms with Gasteiger partial charge in [0.25, 0.3) is 5.91 Å². The standard InChI is InChI=1S/C23H25N3O4/c1-4-13-29-14-5-6-15-30-19-10-7-17(8-11-19)22-24-20-12-9-18(16-21(20)25-22)23(27)26(2)28-3/h1,7-12,16H,5-6,13-15H2,2-3H3,(H,24,25). The van der Waals surface area contributed by atoms with Crippen LogP contribution < -0.4 is 4.74 Å². The summed E-state index contributed by atoms with van der Waals surface area (Å²) >= 11 is 0. The number of aromatic nitrogens is 2. The van der Waals surface area contributed by atoms with E-state index in [-0.39, 0.29) is 5.91 Å². The molecule has 30 heavy (non-hydrogen) atoms. The van der Waals surface area contributed by atoms with Gasteiger partial charge in [0.1, 0.15) is 18.2 Å². The minimum atomic E-state index is -0.223. The summed E-state index contributed by atoms with van der Waals surface area (Å²) in [5, 5.41) is 1.18. The summed E-state index contributed by atoms with van der Waals surface area (Å²) < 4.78 is 11.0. The SMILES string of the molecule is C#CCOCCCCOc1ccc(-c2nc3ccc(C(=O)N(C)OC)cc3[nH]2)cc1. The number of carbonyl (C=O) groups excluding carboxylic acids is 1. The van der Waals surface area contributed by atoms with Gasteiger partial charge in [-0.25, -0.2) is 10.0 Å². The van der Waals surface area contributed by atoms with Gasteiger partial charge in [0.15, 0.2) is 0 Å². The average Bonchev–Trinajstić information content (AvgIpc) is 3.21. The first kappa shape index (κ1) is 21.4. The van der Waals surface area contributed by atoms with Crippen LogP contribution in [0.1, 0.15) is 23.2 Å². The van der Waals surface area contributed by atoms with Gasteiger partial charge >= 0.3 is 0 Å². The van der Waals surface area contributed by atoms with Gasteiger partial charge in [0, 0.05) is 24.8 Å². The van der Waals surface area contributed by atoms with E-state index in [1.54, 1.807) is 19.2 Å². The van der Waals surface area contributed by atoms with Crippen molar-refractivity contribution >= 4 is 16.9 Å². The number of hydroxylamine groups is 2. The molecule has 3 aromatic rings. The number of H-pyrrole nitrogens is 1. The molecule has 0 fully saturated rings. The number of unbranched alkanes of at least 4 members (excludes halogenated alkanes) is 1. The van der Waals surface area contributed by atoms with Crippen LogP contribution in [0.3, 0.4) is 0 Å². The van der Waals surface area contributed by atoms with E-state index in [1.807, 2.05) is 30.3 Å². The number of hydrogen-bond acceptors (Lipinski definition) is 5. The Hall–Kier alpha value is -3.34. The fraction of sp³-hybridized carbons (Fsp3) is 0.304. The molecule has 0 bridgehead atoms. The van der Waals surface area contributed by atoms with Crippen molar-refractivity contribution in [3.05, 3.63) is 48.0 Å². The molecule has 1 heterocycles. The maximum Gasteiger partial charge on any atom is 0.277 e. The molecule has 3 rings (SSSR count). The van der Waals surface area contributed by atoms with Crippen LogP contribution in [0.2, 0.25) is 0 Å². The van der Waals surface area contributed by atoms with Crippen LogP contribution in [0, 0.1) is 12.3 Å². The first-order valence-corrected chi connectivity index (χ1v) is 9.68. The van der Waals surface area contributed by atoms with Crippen molar-refractivity contribution in [3.8, 4) is 29.5 Å². The molecule has 0 aliphatic heterocycles. The first-order valence-electron chi connectivity index (χ1n) is 9.68. The molecule has 156 valence electrons. The highest BCUT2D eigenvalue weighted by molar-refractivity contribution is 5.97. The number of aromatic amines is 1. The van der Waals surface area contributed by atoms with E-state index in [9.17, 15) is 4.79 Å². The molecular formula is C23H25N3O4. The number of nitrogens with one attached hydrogen (secondary N) is 1. The zero-order valence-corrected chi connectivity index (χ0v) is 17.2. The molecule has 2 aromatic carbocycles. The van der Waals surface area contributed by atoms with Gasteiger partial charge < -0.3 is 14.5 Å². The summed E-state index contributed by atoms with van der Waals surface area (Å²) in [6.45, 7) is 1.62. The summed E-state index contributed by atoms with van der Waals surface area (Å²) in [4.78, 5) is 25.1. The van der Waals surface area contributed by atoms with Crippen molar-refractivity contribution in [2.24, 2.45) is 0 Å². The Morgan fingerprint density at radius 2 is 1.93 bits per heavy atom. The van der Waals surface area contributed by atoms with E-state index < -0.39 is 0 Å². The number of rotatable bonds is 10. The summed E-state index contributed by atoms with van der Waals surface area (Å²) in [5.41, 5.74) is 3.03. The Morgan fingerprint density at radius 3 is 2.67 bits per heavy atom. The summed E-state index contributed by atoms with van der Waals surface area (Å²) in [6.07, 6.45) is 6.93. The second-order valence-corrected chi connectivity index (χ2v) is 6.64. The first-order chi connectivity index (χ1) is 14.6. The highest BCUT2D eigenvalue weighted by Crippen LogP contribution is 2.24. The number of fused-ring (bicyclic) bond motifs is 1. The number of imidazole rings is 1. The molecule has 1 N–H and O–H groups in total. The number of ether oxygens (including phenoxy) is 2. The number of terminal acetylenes is 1. The highest BCUT2D eigenvalue weighted by atomic mass is 16.7. The van der Waals surface area contributed by atoms with Crippen LogP contribution in [-0.4, -0.2) is 54.9 Å². The number of carbonyl (C=O) groups is 1. The Kier molecular flexibility index (Phi) is 7.44. The fourth-order valence-electron chi connectivity index (χ4n) is 2.88. The van der Waals surface area contributed by atoms with E-state index in [0.717, 1.165) is 41.0 Å². The minimum Gasteiger partial charge on any atom is -0.494 e. The normalized spacial score (nSPS) is 10.7. The van der Waals surface area contributed by atoms with Gasteiger partial charge in [0.05, 0.1) is 24.8 Å². The largest absolute Gasteiger partial charge is 0.494 e. The molecule has 0 atom stereocenters. The second-order valence-electron chi connectivity index (χ2n) is 6.64. The lowest BCUT2D eigenvalue weighted by Gasteiger charge is -2.13. The Balaban J connectivity index is 1.60. The Bertz CT molecular complexity index is 1020. The van der Waals surface area contributed by atoms with Crippen LogP contribution >= 0.6 is 0 Å². The lowest BCUT2D eigenvalue weighted by Crippen LogP contribution is -2.25. The van der Waals surface area contributed by atoms with Crippen molar-refractivity contribution in [3.63, 3.8) is 0 Å². The minimum absolute atomic E-state index is 0.223. The van der Waals surface area contributed by atoms with Gasteiger partial charge in [-0.05, 0) is 55.3 Å². The maximum atomic E-state index is 12.2. The predicted octanol–water partition coefficient (Wildman–Crippen LogP) is 3.67. The highest BCUT2D eigenvalue weighted by Gasteiger charge is 2.13. The Morgan fingerprint density at radius 1 is 1.17 bits per heavy atom. The molecule has 0 radical (unpaired) electrons. The molecule has 0 aliphatic rings. The molecule has 7 heteroatoms. The van der Waals surface area contributed by atoms with Gasteiger partial charge in [-0.3, -0.25) is 9.63 Å². The van der Waals surface area contributed by atoms with Gasteiger partial charge in [-0.15, -0.1) is 6.42 Å². The third-order valence-corrected chi connectivity index (χ3v) is 4.55. The molecule has 1 amide bonds. The van der Waals surface area contributed by atoms with Crippen molar-refractivity contribution in [1.82, 2.24) is 15.0 Å². The molecule has 7 nitrogen and oxygen atoms in total. The molecular weight excluding hydrogens is 382 g/mol. The van der Waals surface area contributed by atoms with E-state index >= 15 is 0 Å². The number of hydrogen-bond donors (Lipinski definition) is 1. The van der Waals surface area contributed by atoms with Gasteiger partial charge in [-0.1, -0.05) is 5.92 Å². The van der Waals surface area contributed by atoms with E-state index in [4.69, 9.17) is 20.7 Å². The van der Waals surface area contributed by atoms with Crippen LogP contribution in [0.5, 0.6) is 5.75 Å². The van der Waals surface area contributed by atoms with Crippen molar-refractivity contribution < 1.29 is 19.1 Å². The summed E-state index contributed by atoms with van der Waals surface area (Å²) in [6, 6.07) is 13.1. The topological polar surface area (TPSA) is 76.7 Å². The van der Waals surface area contributed by atoms with Crippen molar-refractivity contribution in [2.75, 3.05) is 34.0 Å². The zero-order valence-electron chi connectivity index (χ0n) is 17.2. The number of nitrogens with zero attached hydrogens (tertiary/aromatic N) is 2. The van der Waals surface area contributed by atoms with Crippen LogP contribution in [-0.2, 0) is 9.57 Å². The van der Waals surface area contributed by atoms with Crippen LogP contribution in [0.15, 0.2) is 42.5 Å². The molecule has 1 aromatic heterocycles. The lowest BCUT2D eigenvalue weighted by molar-refractivity contribution is -0.0756. The molecule has 0 saturated carbocycles.